The molecule has 3 N–H and O–H groups in total. The van der Waals surface area contributed by atoms with Crippen LogP contribution in [0.2, 0.25) is 0 Å². The second-order valence-corrected chi connectivity index (χ2v) is 6.25. The number of nitrogens with zero attached hydrogens (tertiary/aromatic N) is 1. The van der Waals surface area contributed by atoms with Crippen molar-refractivity contribution in [3.63, 3.8) is 0 Å². The number of amides is 2. The first-order chi connectivity index (χ1) is 12.0. The van der Waals surface area contributed by atoms with Crippen molar-refractivity contribution in [2.75, 3.05) is 7.05 Å². The van der Waals surface area contributed by atoms with Gasteiger partial charge in [0, 0.05) is 18.7 Å². The molecule has 0 aliphatic heterocycles. The van der Waals surface area contributed by atoms with Crippen molar-refractivity contribution in [3.05, 3.63) is 64.5 Å². The number of aryl methyl sites for hydroxylation is 1. The van der Waals surface area contributed by atoms with Crippen molar-refractivity contribution in [2.45, 2.75) is 31.9 Å². The molecule has 0 saturated heterocycles. The van der Waals surface area contributed by atoms with Gasteiger partial charge in [0.15, 0.2) is 0 Å². The summed E-state index contributed by atoms with van der Waals surface area (Å²) < 4.78 is 0. The molecule has 130 valence electrons. The molecule has 6 nitrogen and oxygen atoms in total. The summed E-state index contributed by atoms with van der Waals surface area (Å²) in [6.07, 6.45) is 0.925. The fraction of sp³-hybridized carbons (Fsp3) is 0.316. The van der Waals surface area contributed by atoms with Gasteiger partial charge in [-0.2, -0.15) is 0 Å². The lowest BCUT2D eigenvalue weighted by atomic mass is 9.99. The Morgan fingerprint density at radius 2 is 1.92 bits per heavy atom. The number of aliphatic hydroxyl groups is 1. The summed E-state index contributed by atoms with van der Waals surface area (Å²) in [5.41, 5.74) is 2.30. The highest BCUT2D eigenvalue weighted by Crippen LogP contribution is 2.25. The van der Waals surface area contributed by atoms with E-state index < -0.39 is 12.0 Å². The van der Waals surface area contributed by atoms with E-state index >= 15 is 0 Å². The highest BCUT2D eigenvalue weighted by molar-refractivity contribution is 5.98. The van der Waals surface area contributed by atoms with Gasteiger partial charge in [0.25, 0.3) is 11.8 Å². The van der Waals surface area contributed by atoms with Crippen molar-refractivity contribution >= 4 is 11.8 Å². The van der Waals surface area contributed by atoms with Crippen LogP contribution in [0.4, 0.5) is 0 Å². The zero-order valence-corrected chi connectivity index (χ0v) is 14.2. The Kier molecular flexibility index (Phi) is 4.81. The summed E-state index contributed by atoms with van der Waals surface area (Å²) in [5, 5.41) is 16.1. The highest BCUT2D eigenvalue weighted by atomic mass is 16.3. The number of benzene rings is 1. The molecule has 2 aromatic rings. The number of pyridine rings is 1. The molecule has 0 spiro atoms. The lowest BCUT2D eigenvalue weighted by molar-refractivity contribution is 0.0950. The average Bonchev–Trinajstić information content (AvgIpc) is 3.44. The third-order valence-corrected chi connectivity index (χ3v) is 4.24. The third-order valence-electron chi connectivity index (χ3n) is 4.24. The number of hydrogen-bond acceptors (Lipinski definition) is 4. The van der Waals surface area contributed by atoms with Crippen molar-refractivity contribution in [1.82, 2.24) is 15.6 Å². The van der Waals surface area contributed by atoms with Gasteiger partial charge < -0.3 is 15.7 Å². The fourth-order valence-electron chi connectivity index (χ4n) is 2.62. The first-order valence-corrected chi connectivity index (χ1v) is 8.28. The molecule has 1 aliphatic carbocycles. The van der Waals surface area contributed by atoms with Crippen LogP contribution in [0, 0.1) is 6.92 Å². The molecule has 0 unspecified atom stereocenters. The number of carbonyl (C=O) groups is 2. The Balaban J connectivity index is 2.00. The Hall–Kier alpha value is -2.73. The van der Waals surface area contributed by atoms with E-state index in [2.05, 4.69) is 15.6 Å². The van der Waals surface area contributed by atoms with Crippen molar-refractivity contribution in [1.29, 1.82) is 0 Å². The van der Waals surface area contributed by atoms with E-state index in [0.717, 1.165) is 18.4 Å². The van der Waals surface area contributed by atoms with Gasteiger partial charge in [-0.3, -0.25) is 9.59 Å². The molecule has 6 heteroatoms. The van der Waals surface area contributed by atoms with Crippen LogP contribution in [0.3, 0.4) is 0 Å². The van der Waals surface area contributed by atoms with Gasteiger partial charge in [0.1, 0.15) is 11.8 Å². The van der Waals surface area contributed by atoms with Gasteiger partial charge in [-0.25, -0.2) is 4.98 Å². The summed E-state index contributed by atoms with van der Waals surface area (Å²) in [5.74, 6) is -0.660. The summed E-state index contributed by atoms with van der Waals surface area (Å²) in [4.78, 5) is 28.7. The normalized spacial score (nSPS) is 14.7. The molecule has 0 bridgehead atoms. The quantitative estimate of drug-likeness (QED) is 0.773. The minimum Gasteiger partial charge on any atom is -0.382 e. The van der Waals surface area contributed by atoms with Crippen LogP contribution in [0.5, 0.6) is 0 Å². The average molecular weight is 339 g/mol. The minimum absolute atomic E-state index is 0.105. The largest absolute Gasteiger partial charge is 0.382 e. The highest BCUT2D eigenvalue weighted by Gasteiger charge is 2.25. The van der Waals surface area contributed by atoms with Gasteiger partial charge in [-0.1, -0.05) is 24.3 Å². The Morgan fingerprint density at radius 1 is 1.20 bits per heavy atom. The lowest BCUT2D eigenvalue weighted by Gasteiger charge is -2.15. The van der Waals surface area contributed by atoms with Crippen LogP contribution in [0.15, 0.2) is 36.4 Å². The molecular formula is C19H21N3O3. The van der Waals surface area contributed by atoms with Crippen LogP contribution in [-0.4, -0.2) is 35.0 Å². The first kappa shape index (κ1) is 17.1. The molecule has 1 saturated carbocycles. The predicted octanol–water partition coefficient (Wildman–Crippen LogP) is 1.72. The van der Waals surface area contributed by atoms with Crippen molar-refractivity contribution in [2.24, 2.45) is 0 Å². The van der Waals surface area contributed by atoms with Gasteiger partial charge in [-0.05, 0) is 43.0 Å². The molecule has 1 aromatic carbocycles. The van der Waals surface area contributed by atoms with E-state index in [1.165, 1.54) is 13.1 Å². The van der Waals surface area contributed by atoms with Crippen molar-refractivity contribution in [3.8, 4) is 0 Å². The van der Waals surface area contributed by atoms with Gasteiger partial charge in [-0.15, -0.1) is 0 Å². The second-order valence-electron chi connectivity index (χ2n) is 6.25. The van der Waals surface area contributed by atoms with E-state index in [9.17, 15) is 14.7 Å². The summed E-state index contributed by atoms with van der Waals surface area (Å²) in [6.45, 7) is 1.89. The molecule has 1 atom stereocenters. The maximum atomic E-state index is 12.4. The SMILES string of the molecule is CNC(=O)c1cc(C(=O)NC2CC2)cc([C@H](O)c2ccccc2C)n1. The van der Waals surface area contributed by atoms with Crippen LogP contribution in [0.1, 0.15) is 56.6 Å². The second kappa shape index (κ2) is 7.03. The summed E-state index contributed by atoms with van der Waals surface area (Å²) >= 11 is 0. The summed E-state index contributed by atoms with van der Waals surface area (Å²) in [7, 11) is 1.50. The molecule has 1 aliphatic rings. The Bertz CT molecular complexity index is 815. The minimum atomic E-state index is -1.02. The van der Waals surface area contributed by atoms with E-state index in [4.69, 9.17) is 0 Å². The molecule has 2 amide bonds. The number of rotatable bonds is 5. The zero-order valence-electron chi connectivity index (χ0n) is 14.2. The maximum absolute atomic E-state index is 12.4. The number of carbonyl (C=O) groups excluding carboxylic acids is 2. The van der Waals surface area contributed by atoms with Crippen LogP contribution < -0.4 is 10.6 Å². The number of aliphatic hydroxyl groups excluding tert-OH is 1. The smallest absolute Gasteiger partial charge is 0.269 e. The predicted molar refractivity (Wildman–Crippen MR) is 93.4 cm³/mol. The fourth-order valence-corrected chi connectivity index (χ4v) is 2.62. The van der Waals surface area contributed by atoms with E-state index in [1.54, 1.807) is 12.1 Å². The topological polar surface area (TPSA) is 91.3 Å². The number of hydrogen-bond donors (Lipinski definition) is 3. The molecule has 1 heterocycles. The van der Waals surface area contributed by atoms with E-state index in [-0.39, 0.29) is 23.3 Å². The molecule has 1 fully saturated rings. The van der Waals surface area contributed by atoms with Crippen LogP contribution in [-0.2, 0) is 0 Å². The number of nitrogens with one attached hydrogen (secondary N) is 2. The lowest BCUT2D eigenvalue weighted by Crippen LogP contribution is -2.27. The molecular weight excluding hydrogens is 318 g/mol. The molecule has 1 aromatic heterocycles. The van der Waals surface area contributed by atoms with Crippen LogP contribution >= 0.6 is 0 Å². The third kappa shape index (κ3) is 3.85. The van der Waals surface area contributed by atoms with Gasteiger partial charge in [0.2, 0.25) is 0 Å². The summed E-state index contributed by atoms with van der Waals surface area (Å²) in [6, 6.07) is 10.6. The standard InChI is InChI=1S/C19H21N3O3/c1-11-5-3-4-6-14(11)17(23)15-9-12(18(24)21-13-7-8-13)10-16(22-15)19(25)20-2/h3-6,9-10,13,17,23H,7-8H2,1-2H3,(H,20,25)(H,21,24)/t17-/m1/s1. The van der Waals surface area contributed by atoms with Gasteiger partial charge in [0.05, 0.1) is 5.69 Å². The maximum Gasteiger partial charge on any atom is 0.269 e. The Morgan fingerprint density at radius 3 is 2.56 bits per heavy atom. The van der Waals surface area contributed by atoms with E-state index in [0.29, 0.717) is 11.1 Å². The zero-order chi connectivity index (χ0) is 18.0. The molecule has 3 rings (SSSR count). The first-order valence-electron chi connectivity index (χ1n) is 8.28. The molecule has 0 radical (unpaired) electrons. The van der Waals surface area contributed by atoms with Crippen LogP contribution in [0.25, 0.3) is 0 Å². The number of aromatic nitrogens is 1. The molecule has 25 heavy (non-hydrogen) atoms. The van der Waals surface area contributed by atoms with Gasteiger partial charge >= 0.3 is 0 Å². The monoisotopic (exact) mass is 339 g/mol. The Labute approximate surface area is 146 Å². The van der Waals surface area contributed by atoms with Crippen molar-refractivity contribution < 1.29 is 14.7 Å². The van der Waals surface area contributed by atoms with E-state index in [1.807, 2.05) is 25.1 Å².